The summed E-state index contributed by atoms with van der Waals surface area (Å²) >= 11 is 0. The molecule has 1 nitrogen and oxygen atoms in total. The van der Waals surface area contributed by atoms with Gasteiger partial charge in [-0.25, -0.2) is 0 Å². The molecule has 0 N–H and O–H groups in total. The first kappa shape index (κ1) is 32.4. The average molecular weight is 700 g/mol. The fourth-order valence-corrected chi connectivity index (χ4v) is 8.04. The standard InChI is InChI=1S/C54H37N/c1-2-12-38(13-3-1)43-17-10-18-44(34-43)40-26-30-48(31-27-40)55(49-32-28-41(29-33-49)45-25-24-39-14-4-5-15-42(39)35-45)50-20-11-19-46(36-50)54-37-47-16-6-7-21-51(47)52-22-8-9-23-53(52)54/h1-37H. The van der Waals surface area contributed by atoms with Crippen molar-refractivity contribution < 1.29 is 0 Å². The summed E-state index contributed by atoms with van der Waals surface area (Å²) in [5, 5.41) is 7.55. The van der Waals surface area contributed by atoms with Crippen molar-refractivity contribution in [2.24, 2.45) is 0 Å². The second-order valence-electron chi connectivity index (χ2n) is 14.2. The fraction of sp³-hybridized carbons (Fsp3) is 0. The zero-order valence-corrected chi connectivity index (χ0v) is 30.3. The lowest BCUT2D eigenvalue weighted by molar-refractivity contribution is 1.28. The van der Waals surface area contributed by atoms with Crippen LogP contribution in [0.25, 0.3) is 76.8 Å². The van der Waals surface area contributed by atoms with Crippen molar-refractivity contribution in [3.05, 3.63) is 224 Å². The second-order valence-corrected chi connectivity index (χ2v) is 14.2. The van der Waals surface area contributed by atoms with Crippen LogP contribution >= 0.6 is 0 Å². The van der Waals surface area contributed by atoms with Crippen molar-refractivity contribution in [2.75, 3.05) is 4.90 Å². The van der Waals surface area contributed by atoms with Gasteiger partial charge in [-0.3, -0.25) is 0 Å². The van der Waals surface area contributed by atoms with E-state index in [2.05, 4.69) is 229 Å². The molecule has 258 valence electrons. The first-order valence-electron chi connectivity index (χ1n) is 18.9. The van der Waals surface area contributed by atoms with Gasteiger partial charge in [0, 0.05) is 17.1 Å². The van der Waals surface area contributed by atoms with Crippen LogP contribution in [0.2, 0.25) is 0 Å². The first-order chi connectivity index (χ1) is 27.2. The van der Waals surface area contributed by atoms with Crippen LogP contribution in [-0.4, -0.2) is 0 Å². The molecule has 10 aromatic carbocycles. The van der Waals surface area contributed by atoms with Crippen molar-refractivity contribution >= 4 is 49.4 Å². The smallest absolute Gasteiger partial charge is 0.0467 e. The molecule has 0 aliphatic carbocycles. The number of nitrogens with zero attached hydrogens (tertiary/aromatic N) is 1. The normalized spacial score (nSPS) is 11.3. The molecule has 0 aliphatic heterocycles. The summed E-state index contributed by atoms with van der Waals surface area (Å²) in [7, 11) is 0. The molecule has 10 rings (SSSR count). The molecule has 0 spiro atoms. The van der Waals surface area contributed by atoms with E-state index in [9.17, 15) is 0 Å². The van der Waals surface area contributed by atoms with E-state index < -0.39 is 0 Å². The Morgan fingerprint density at radius 3 is 1.42 bits per heavy atom. The fourth-order valence-electron chi connectivity index (χ4n) is 8.04. The summed E-state index contributed by atoms with van der Waals surface area (Å²) in [6.07, 6.45) is 0. The van der Waals surface area contributed by atoms with Gasteiger partial charge in [-0.1, -0.05) is 170 Å². The van der Waals surface area contributed by atoms with Gasteiger partial charge in [0.15, 0.2) is 0 Å². The average Bonchev–Trinajstić information content (AvgIpc) is 3.27. The third kappa shape index (κ3) is 6.22. The summed E-state index contributed by atoms with van der Waals surface area (Å²) in [6, 6.07) is 81.5. The van der Waals surface area contributed by atoms with Crippen LogP contribution in [0.4, 0.5) is 17.1 Å². The SMILES string of the molecule is c1ccc(-c2cccc(-c3ccc(N(c4ccc(-c5ccc6ccccc6c5)cc4)c4cccc(-c5cc6ccccc6c6ccccc56)c4)cc3)c2)cc1. The number of rotatable bonds is 7. The molecule has 0 fully saturated rings. The second kappa shape index (κ2) is 14.0. The summed E-state index contributed by atoms with van der Waals surface area (Å²) in [5.74, 6) is 0. The maximum absolute atomic E-state index is 2.38. The van der Waals surface area contributed by atoms with Crippen LogP contribution in [-0.2, 0) is 0 Å². The molecular formula is C54H37N. The highest BCUT2D eigenvalue weighted by Crippen LogP contribution is 2.41. The number of benzene rings is 10. The maximum Gasteiger partial charge on any atom is 0.0467 e. The van der Waals surface area contributed by atoms with E-state index in [0.29, 0.717) is 0 Å². The highest BCUT2D eigenvalue weighted by Gasteiger charge is 2.16. The number of hydrogen-bond donors (Lipinski definition) is 0. The molecular weight excluding hydrogens is 663 g/mol. The van der Waals surface area contributed by atoms with Gasteiger partial charge < -0.3 is 4.90 Å². The molecule has 0 aromatic heterocycles. The van der Waals surface area contributed by atoms with Crippen molar-refractivity contribution in [1.29, 1.82) is 0 Å². The van der Waals surface area contributed by atoms with Crippen LogP contribution < -0.4 is 4.90 Å². The van der Waals surface area contributed by atoms with E-state index >= 15 is 0 Å². The third-order valence-corrected chi connectivity index (χ3v) is 10.8. The highest BCUT2D eigenvalue weighted by atomic mass is 15.1. The molecule has 1 heteroatoms. The van der Waals surface area contributed by atoms with Crippen molar-refractivity contribution in [3.63, 3.8) is 0 Å². The van der Waals surface area contributed by atoms with E-state index in [4.69, 9.17) is 0 Å². The Balaban J connectivity index is 1.07. The topological polar surface area (TPSA) is 3.24 Å². The monoisotopic (exact) mass is 699 g/mol. The largest absolute Gasteiger partial charge is 0.310 e. The van der Waals surface area contributed by atoms with Gasteiger partial charge in [0.2, 0.25) is 0 Å². The van der Waals surface area contributed by atoms with Gasteiger partial charge in [0.05, 0.1) is 0 Å². The number of hydrogen-bond acceptors (Lipinski definition) is 1. The maximum atomic E-state index is 2.38. The molecule has 0 saturated heterocycles. The summed E-state index contributed by atoms with van der Waals surface area (Å²) in [5.41, 5.74) is 12.9. The van der Waals surface area contributed by atoms with Crippen LogP contribution in [0.1, 0.15) is 0 Å². The first-order valence-corrected chi connectivity index (χ1v) is 18.9. The van der Waals surface area contributed by atoms with Crippen LogP contribution in [0.3, 0.4) is 0 Å². The van der Waals surface area contributed by atoms with Gasteiger partial charge in [-0.2, -0.15) is 0 Å². The Morgan fingerprint density at radius 1 is 0.218 bits per heavy atom. The predicted molar refractivity (Wildman–Crippen MR) is 235 cm³/mol. The number of fused-ring (bicyclic) bond motifs is 4. The lowest BCUT2D eigenvalue weighted by atomic mass is 9.93. The van der Waals surface area contributed by atoms with Crippen LogP contribution in [0.5, 0.6) is 0 Å². The Morgan fingerprint density at radius 2 is 0.709 bits per heavy atom. The Bertz CT molecular complexity index is 2960. The van der Waals surface area contributed by atoms with Gasteiger partial charge in [-0.05, 0) is 131 Å². The van der Waals surface area contributed by atoms with Gasteiger partial charge in [0.1, 0.15) is 0 Å². The summed E-state index contributed by atoms with van der Waals surface area (Å²) in [6.45, 7) is 0. The highest BCUT2D eigenvalue weighted by molar-refractivity contribution is 6.14. The molecule has 0 unspecified atom stereocenters. The molecule has 0 radical (unpaired) electrons. The molecule has 0 saturated carbocycles. The van der Waals surface area contributed by atoms with Gasteiger partial charge in [-0.15, -0.1) is 0 Å². The van der Waals surface area contributed by atoms with Gasteiger partial charge in [0.25, 0.3) is 0 Å². The van der Waals surface area contributed by atoms with Crippen molar-refractivity contribution in [1.82, 2.24) is 0 Å². The molecule has 0 heterocycles. The Labute approximate surface area is 322 Å². The summed E-state index contributed by atoms with van der Waals surface area (Å²) < 4.78 is 0. The molecule has 0 bridgehead atoms. The summed E-state index contributed by atoms with van der Waals surface area (Å²) in [4.78, 5) is 2.38. The molecule has 0 amide bonds. The third-order valence-electron chi connectivity index (χ3n) is 10.8. The van der Waals surface area contributed by atoms with Crippen LogP contribution in [0.15, 0.2) is 224 Å². The van der Waals surface area contributed by atoms with Crippen molar-refractivity contribution in [2.45, 2.75) is 0 Å². The van der Waals surface area contributed by atoms with E-state index in [1.807, 2.05) is 0 Å². The zero-order valence-electron chi connectivity index (χ0n) is 30.3. The molecule has 55 heavy (non-hydrogen) atoms. The van der Waals surface area contributed by atoms with E-state index in [-0.39, 0.29) is 0 Å². The molecule has 10 aromatic rings. The lowest BCUT2D eigenvalue weighted by Gasteiger charge is -2.26. The van der Waals surface area contributed by atoms with E-state index in [1.54, 1.807) is 0 Å². The minimum Gasteiger partial charge on any atom is -0.310 e. The predicted octanol–water partition coefficient (Wildman–Crippen LogP) is 15.3. The Hall–Kier alpha value is -7.22. The number of anilines is 3. The minimum atomic E-state index is 1.10. The van der Waals surface area contributed by atoms with Crippen LogP contribution in [0, 0.1) is 0 Å². The van der Waals surface area contributed by atoms with Crippen molar-refractivity contribution in [3.8, 4) is 44.5 Å². The molecule has 0 aliphatic rings. The quantitative estimate of drug-likeness (QED) is 0.150. The minimum absolute atomic E-state index is 1.10. The Kier molecular flexibility index (Phi) is 8.24. The van der Waals surface area contributed by atoms with E-state index in [1.165, 1.54) is 76.8 Å². The zero-order chi connectivity index (χ0) is 36.6. The van der Waals surface area contributed by atoms with Gasteiger partial charge >= 0.3 is 0 Å². The van der Waals surface area contributed by atoms with E-state index in [0.717, 1.165) is 17.1 Å². The molecule has 0 atom stereocenters. The lowest BCUT2D eigenvalue weighted by Crippen LogP contribution is -2.10.